The van der Waals surface area contributed by atoms with Gasteiger partial charge in [0.15, 0.2) is 0 Å². The van der Waals surface area contributed by atoms with E-state index in [9.17, 15) is 21.6 Å². The number of alkyl halides is 3. The van der Waals surface area contributed by atoms with E-state index in [2.05, 4.69) is 10.0 Å². The van der Waals surface area contributed by atoms with E-state index in [0.29, 0.717) is 19.0 Å². The number of rotatable bonds is 3. The molecule has 1 aliphatic heterocycles. The number of nitrogens with one attached hydrogen (secondary N) is 2. The molecule has 0 unspecified atom stereocenters. The molecule has 1 heterocycles. The molecule has 9 heteroatoms. The van der Waals surface area contributed by atoms with Crippen molar-refractivity contribution in [3.8, 4) is 0 Å². The Morgan fingerprint density at radius 1 is 1.33 bits per heavy atom. The molecule has 1 fully saturated rings. The highest BCUT2D eigenvalue weighted by Gasteiger charge is 2.34. The number of hydrogen-bond acceptors (Lipinski definition) is 3. The predicted octanol–water partition coefficient (Wildman–Crippen LogP) is 2.39. The van der Waals surface area contributed by atoms with E-state index < -0.39 is 31.7 Å². The molecule has 1 aliphatic rings. The zero-order valence-electron chi connectivity index (χ0n) is 10.9. The van der Waals surface area contributed by atoms with Gasteiger partial charge in [-0.15, -0.1) is 0 Å². The van der Waals surface area contributed by atoms with E-state index in [1.54, 1.807) is 0 Å². The first-order chi connectivity index (χ1) is 9.70. The molecule has 1 atom stereocenters. The van der Waals surface area contributed by atoms with E-state index >= 15 is 0 Å². The Morgan fingerprint density at radius 2 is 2.05 bits per heavy atom. The summed E-state index contributed by atoms with van der Waals surface area (Å²) in [5, 5.41) is 2.50. The molecule has 1 saturated heterocycles. The molecule has 1 aromatic carbocycles. The molecular formula is C12H14ClF3N2O2S. The third-order valence-corrected chi connectivity index (χ3v) is 5.02. The SMILES string of the molecule is O=S(=O)(N[C@H]1CCCNC1)c1ccc(Cl)c(C(F)(F)F)c1. The normalized spacial score (nSPS) is 20.5. The highest BCUT2D eigenvalue weighted by molar-refractivity contribution is 7.89. The van der Waals surface area contributed by atoms with Gasteiger partial charge in [0, 0.05) is 12.6 Å². The lowest BCUT2D eigenvalue weighted by atomic mass is 10.1. The summed E-state index contributed by atoms with van der Waals surface area (Å²) >= 11 is 5.48. The zero-order chi connectivity index (χ0) is 15.7. The van der Waals surface area contributed by atoms with E-state index in [0.717, 1.165) is 25.1 Å². The second kappa shape index (κ2) is 6.12. The molecule has 21 heavy (non-hydrogen) atoms. The summed E-state index contributed by atoms with van der Waals surface area (Å²) in [5.41, 5.74) is -1.16. The van der Waals surface area contributed by atoms with Crippen LogP contribution < -0.4 is 10.0 Å². The molecule has 0 radical (unpaired) electrons. The van der Waals surface area contributed by atoms with Gasteiger partial charge in [-0.1, -0.05) is 11.6 Å². The first kappa shape index (κ1) is 16.5. The van der Waals surface area contributed by atoms with Crippen molar-refractivity contribution in [1.29, 1.82) is 0 Å². The fourth-order valence-electron chi connectivity index (χ4n) is 2.13. The maximum atomic E-state index is 12.8. The lowest BCUT2D eigenvalue weighted by Gasteiger charge is -2.23. The second-order valence-electron chi connectivity index (χ2n) is 4.80. The summed E-state index contributed by atoms with van der Waals surface area (Å²) in [6.07, 6.45) is -3.25. The van der Waals surface area contributed by atoms with Crippen molar-refractivity contribution in [2.75, 3.05) is 13.1 Å². The Labute approximate surface area is 125 Å². The fraction of sp³-hybridized carbons (Fsp3) is 0.500. The van der Waals surface area contributed by atoms with Crippen LogP contribution in [0.1, 0.15) is 18.4 Å². The van der Waals surface area contributed by atoms with Crippen LogP contribution in [0.5, 0.6) is 0 Å². The molecular weight excluding hydrogens is 329 g/mol. The maximum absolute atomic E-state index is 12.8. The maximum Gasteiger partial charge on any atom is 0.417 e. The predicted molar refractivity (Wildman–Crippen MR) is 72.7 cm³/mol. The molecule has 0 aliphatic carbocycles. The van der Waals surface area contributed by atoms with Gasteiger partial charge in [0.2, 0.25) is 10.0 Å². The summed E-state index contributed by atoms with van der Waals surface area (Å²) in [4.78, 5) is -0.440. The molecule has 0 spiro atoms. The van der Waals surface area contributed by atoms with Gasteiger partial charge in [0.05, 0.1) is 15.5 Å². The van der Waals surface area contributed by atoms with Crippen molar-refractivity contribution in [2.24, 2.45) is 0 Å². The molecule has 2 N–H and O–H groups in total. The van der Waals surface area contributed by atoms with E-state index in [1.807, 2.05) is 0 Å². The summed E-state index contributed by atoms with van der Waals surface area (Å²) in [6.45, 7) is 1.26. The monoisotopic (exact) mass is 342 g/mol. The van der Waals surface area contributed by atoms with Gasteiger partial charge >= 0.3 is 6.18 Å². The van der Waals surface area contributed by atoms with Crippen LogP contribution in [0.25, 0.3) is 0 Å². The summed E-state index contributed by atoms with van der Waals surface area (Å²) < 4.78 is 65.0. The second-order valence-corrected chi connectivity index (χ2v) is 6.93. The van der Waals surface area contributed by atoms with Gasteiger partial charge in [-0.2, -0.15) is 13.2 Å². The quantitative estimate of drug-likeness (QED) is 0.886. The number of halogens is 4. The van der Waals surface area contributed by atoms with Crippen LogP contribution in [0.2, 0.25) is 5.02 Å². The average Bonchev–Trinajstić information content (AvgIpc) is 2.38. The van der Waals surface area contributed by atoms with Crippen molar-refractivity contribution in [3.05, 3.63) is 28.8 Å². The molecule has 0 amide bonds. The number of benzene rings is 1. The highest BCUT2D eigenvalue weighted by Crippen LogP contribution is 2.35. The first-order valence-corrected chi connectivity index (χ1v) is 8.16. The molecule has 0 bridgehead atoms. The standard InChI is InChI=1S/C12H14ClF3N2O2S/c13-11-4-3-9(6-10(11)12(14,15)16)21(19,20)18-8-2-1-5-17-7-8/h3-4,6,8,17-18H,1-2,5,7H2/t8-/m0/s1. The van der Waals surface area contributed by atoms with E-state index in [-0.39, 0.29) is 6.04 Å². The van der Waals surface area contributed by atoms with Crippen molar-refractivity contribution < 1.29 is 21.6 Å². The van der Waals surface area contributed by atoms with Crippen LogP contribution >= 0.6 is 11.6 Å². The average molecular weight is 343 g/mol. The molecule has 4 nitrogen and oxygen atoms in total. The van der Waals surface area contributed by atoms with Crippen molar-refractivity contribution in [1.82, 2.24) is 10.0 Å². The largest absolute Gasteiger partial charge is 0.417 e. The lowest BCUT2D eigenvalue weighted by molar-refractivity contribution is -0.137. The summed E-state index contributed by atoms with van der Waals surface area (Å²) in [7, 11) is -4.01. The minimum atomic E-state index is -4.70. The zero-order valence-corrected chi connectivity index (χ0v) is 12.4. The third-order valence-electron chi connectivity index (χ3n) is 3.17. The Bertz CT molecular complexity index is 613. The van der Waals surface area contributed by atoms with Gasteiger partial charge in [-0.05, 0) is 37.6 Å². The fourth-order valence-corrected chi connectivity index (χ4v) is 3.65. The van der Waals surface area contributed by atoms with Gasteiger partial charge in [-0.3, -0.25) is 0 Å². The van der Waals surface area contributed by atoms with Gasteiger partial charge < -0.3 is 5.32 Å². The molecule has 0 saturated carbocycles. The summed E-state index contributed by atoms with van der Waals surface area (Å²) in [5.74, 6) is 0. The number of sulfonamides is 1. The molecule has 1 aromatic rings. The van der Waals surface area contributed by atoms with Gasteiger partial charge in [0.1, 0.15) is 0 Å². The highest BCUT2D eigenvalue weighted by atomic mass is 35.5. The number of hydrogen-bond donors (Lipinski definition) is 2. The molecule has 0 aromatic heterocycles. The molecule has 2 rings (SSSR count). The minimum Gasteiger partial charge on any atom is -0.315 e. The topological polar surface area (TPSA) is 58.2 Å². The molecule has 118 valence electrons. The lowest BCUT2D eigenvalue weighted by Crippen LogP contribution is -2.45. The number of piperidine rings is 1. The van der Waals surface area contributed by atoms with Crippen LogP contribution in [0.15, 0.2) is 23.1 Å². The van der Waals surface area contributed by atoms with Crippen molar-refractivity contribution in [2.45, 2.75) is 30.0 Å². The van der Waals surface area contributed by atoms with E-state index in [1.165, 1.54) is 0 Å². The smallest absolute Gasteiger partial charge is 0.315 e. The van der Waals surface area contributed by atoms with Crippen molar-refractivity contribution >= 4 is 21.6 Å². The Kier molecular flexibility index (Phi) is 4.82. The van der Waals surface area contributed by atoms with Crippen LogP contribution in [0, 0.1) is 0 Å². The van der Waals surface area contributed by atoms with Crippen LogP contribution in [-0.2, 0) is 16.2 Å². The van der Waals surface area contributed by atoms with Crippen LogP contribution in [0.4, 0.5) is 13.2 Å². The Balaban J connectivity index is 2.27. The van der Waals surface area contributed by atoms with Crippen molar-refractivity contribution in [3.63, 3.8) is 0 Å². The van der Waals surface area contributed by atoms with E-state index in [4.69, 9.17) is 11.6 Å². The van der Waals surface area contributed by atoms with Gasteiger partial charge in [-0.25, -0.2) is 13.1 Å². The Morgan fingerprint density at radius 3 is 2.62 bits per heavy atom. The Hall–Kier alpha value is -0.830. The van der Waals surface area contributed by atoms with Crippen LogP contribution in [0.3, 0.4) is 0 Å². The first-order valence-electron chi connectivity index (χ1n) is 6.30. The van der Waals surface area contributed by atoms with Crippen LogP contribution in [-0.4, -0.2) is 27.5 Å². The third kappa shape index (κ3) is 4.09. The summed E-state index contributed by atoms with van der Waals surface area (Å²) in [6, 6.07) is 2.24. The van der Waals surface area contributed by atoms with Gasteiger partial charge in [0.25, 0.3) is 0 Å². The minimum absolute atomic E-state index is 0.325.